The zero-order valence-corrected chi connectivity index (χ0v) is 9.83. The maximum Gasteiger partial charge on any atom is 0.0991 e. The molecule has 1 aliphatic rings. The number of H-pyrrole nitrogens is 1. The summed E-state index contributed by atoms with van der Waals surface area (Å²) in [6.07, 6.45) is 3.36. The van der Waals surface area contributed by atoms with Crippen LogP contribution in [0.3, 0.4) is 0 Å². The van der Waals surface area contributed by atoms with E-state index in [1.54, 1.807) is 0 Å². The SMILES string of the molecule is CNC[C@@H]1C[C@H]1c1c[nH]c2ccc(C#N)cc12. The summed E-state index contributed by atoms with van der Waals surface area (Å²) in [5, 5.41) is 13.4. The second-order valence-corrected chi connectivity index (χ2v) is 4.78. The number of fused-ring (bicyclic) bond motifs is 1. The number of nitrogens with one attached hydrogen (secondary N) is 2. The van der Waals surface area contributed by atoms with Crippen LogP contribution in [0.25, 0.3) is 10.9 Å². The first kappa shape index (κ1) is 10.4. The molecule has 0 aliphatic heterocycles. The Morgan fingerprint density at radius 2 is 2.41 bits per heavy atom. The largest absolute Gasteiger partial charge is 0.361 e. The average Bonchev–Trinajstić information content (AvgIpc) is 2.99. The van der Waals surface area contributed by atoms with E-state index < -0.39 is 0 Å². The van der Waals surface area contributed by atoms with Gasteiger partial charge < -0.3 is 10.3 Å². The van der Waals surface area contributed by atoms with Crippen LogP contribution in [0.15, 0.2) is 24.4 Å². The summed E-state index contributed by atoms with van der Waals surface area (Å²) < 4.78 is 0. The summed E-state index contributed by atoms with van der Waals surface area (Å²) >= 11 is 0. The van der Waals surface area contributed by atoms with Crippen molar-refractivity contribution in [2.24, 2.45) is 5.92 Å². The fourth-order valence-corrected chi connectivity index (χ4v) is 2.63. The Morgan fingerprint density at radius 1 is 1.53 bits per heavy atom. The molecule has 3 heteroatoms. The van der Waals surface area contributed by atoms with Gasteiger partial charge in [0, 0.05) is 17.1 Å². The minimum atomic E-state index is 0.658. The molecular weight excluding hydrogens is 210 g/mol. The van der Waals surface area contributed by atoms with E-state index in [4.69, 9.17) is 5.26 Å². The Labute approximate surface area is 100 Å². The van der Waals surface area contributed by atoms with E-state index in [-0.39, 0.29) is 0 Å². The first-order valence-corrected chi connectivity index (χ1v) is 5.99. The lowest BCUT2D eigenvalue weighted by molar-refractivity contribution is 0.699. The second-order valence-electron chi connectivity index (χ2n) is 4.78. The molecule has 0 unspecified atom stereocenters. The molecule has 0 saturated heterocycles. The summed E-state index contributed by atoms with van der Waals surface area (Å²) in [6.45, 7) is 1.08. The van der Waals surface area contributed by atoms with Gasteiger partial charge in [-0.15, -0.1) is 0 Å². The standard InChI is InChI=1S/C14H15N3/c1-16-7-10-5-11(10)13-8-17-14-3-2-9(6-15)4-12(13)14/h2-4,8,10-11,16-17H,5,7H2,1H3/t10-,11+/m0/s1. The van der Waals surface area contributed by atoms with Crippen LogP contribution in [0.2, 0.25) is 0 Å². The predicted molar refractivity (Wildman–Crippen MR) is 67.8 cm³/mol. The Morgan fingerprint density at radius 3 is 3.18 bits per heavy atom. The molecule has 0 radical (unpaired) electrons. The van der Waals surface area contributed by atoms with Crippen LogP contribution in [0, 0.1) is 17.2 Å². The summed E-state index contributed by atoms with van der Waals surface area (Å²) in [5.41, 5.74) is 3.25. The maximum atomic E-state index is 8.95. The normalized spacial score (nSPS) is 22.6. The summed E-state index contributed by atoms with van der Waals surface area (Å²) in [4.78, 5) is 3.29. The zero-order chi connectivity index (χ0) is 11.8. The van der Waals surface area contributed by atoms with Gasteiger partial charge in [-0.25, -0.2) is 0 Å². The molecule has 86 valence electrons. The van der Waals surface area contributed by atoms with Crippen molar-refractivity contribution in [3.05, 3.63) is 35.5 Å². The van der Waals surface area contributed by atoms with E-state index in [2.05, 4.69) is 22.6 Å². The molecule has 1 aliphatic carbocycles. The Balaban J connectivity index is 1.98. The number of hydrogen-bond donors (Lipinski definition) is 2. The van der Waals surface area contributed by atoms with E-state index in [1.165, 1.54) is 17.4 Å². The topological polar surface area (TPSA) is 51.6 Å². The molecule has 2 N–H and O–H groups in total. The molecule has 1 aromatic carbocycles. The fourth-order valence-electron chi connectivity index (χ4n) is 2.63. The van der Waals surface area contributed by atoms with Gasteiger partial charge in [0.1, 0.15) is 0 Å². The number of rotatable bonds is 3. The highest BCUT2D eigenvalue weighted by molar-refractivity contribution is 5.85. The van der Waals surface area contributed by atoms with Crippen LogP contribution in [0.4, 0.5) is 0 Å². The van der Waals surface area contributed by atoms with Gasteiger partial charge in [0.05, 0.1) is 11.6 Å². The third kappa shape index (κ3) is 1.71. The van der Waals surface area contributed by atoms with Gasteiger partial charge in [-0.3, -0.25) is 0 Å². The van der Waals surface area contributed by atoms with Crippen molar-refractivity contribution in [1.29, 1.82) is 5.26 Å². The Hall–Kier alpha value is -1.79. The minimum absolute atomic E-state index is 0.658. The zero-order valence-electron chi connectivity index (χ0n) is 9.83. The molecule has 17 heavy (non-hydrogen) atoms. The van der Waals surface area contributed by atoms with Gasteiger partial charge in [0.2, 0.25) is 0 Å². The van der Waals surface area contributed by atoms with Gasteiger partial charge in [-0.1, -0.05) is 0 Å². The lowest BCUT2D eigenvalue weighted by Crippen LogP contribution is -2.10. The molecule has 1 aromatic heterocycles. The molecule has 1 heterocycles. The minimum Gasteiger partial charge on any atom is -0.361 e. The van der Waals surface area contributed by atoms with Gasteiger partial charge in [-0.2, -0.15) is 5.26 Å². The highest BCUT2D eigenvalue weighted by Crippen LogP contribution is 2.49. The van der Waals surface area contributed by atoms with Gasteiger partial charge in [-0.05, 0) is 55.6 Å². The van der Waals surface area contributed by atoms with Crippen molar-refractivity contribution in [3.8, 4) is 6.07 Å². The van der Waals surface area contributed by atoms with Gasteiger partial charge >= 0.3 is 0 Å². The number of aromatic amines is 1. The van der Waals surface area contributed by atoms with E-state index in [0.29, 0.717) is 5.92 Å². The fraction of sp³-hybridized carbons (Fsp3) is 0.357. The van der Waals surface area contributed by atoms with E-state index in [1.807, 2.05) is 25.2 Å². The molecule has 0 spiro atoms. The molecule has 1 fully saturated rings. The Kier molecular flexibility index (Phi) is 2.38. The quantitative estimate of drug-likeness (QED) is 0.842. The van der Waals surface area contributed by atoms with Crippen molar-refractivity contribution in [3.63, 3.8) is 0 Å². The Bertz CT molecular complexity index is 591. The van der Waals surface area contributed by atoms with Crippen LogP contribution in [0.5, 0.6) is 0 Å². The predicted octanol–water partition coefficient (Wildman–Crippen LogP) is 2.36. The number of benzene rings is 1. The van der Waals surface area contributed by atoms with Crippen molar-refractivity contribution in [2.75, 3.05) is 13.6 Å². The smallest absolute Gasteiger partial charge is 0.0991 e. The third-order valence-corrected chi connectivity index (χ3v) is 3.63. The molecule has 1 saturated carbocycles. The van der Waals surface area contributed by atoms with E-state index in [0.717, 1.165) is 23.5 Å². The van der Waals surface area contributed by atoms with Crippen LogP contribution in [-0.2, 0) is 0 Å². The summed E-state index contributed by atoms with van der Waals surface area (Å²) in [7, 11) is 2.00. The molecular formula is C14H15N3. The van der Waals surface area contributed by atoms with Crippen molar-refractivity contribution >= 4 is 10.9 Å². The van der Waals surface area contributed by atoms with Crippen LogP contribution in [-0.4, -0.2) is 18.6 Å². The van der Waals surface area contributed by atoms with Crippen LogP contribution >= 0.6 is 0 Å². The lowest BCUT2D eigenvalue weighted by Gasteiger charge is -1.99. The highest BCUT2D eigenvalue weighted by Gasteiger charge is 2.38. The molecule has 0 bridgehead atoms. The van der Waals surface area contributed by atoms with Gasteiger partial charge in [0.25, 0.3) is 0 Å². The summed E-state index contributed by atoms with van der Waals surface area (Å²) in [5.74, 6) is 1.41. The number of nitriles is 1. The molecule has 2 aromatic rings. The van der Waals surface area contributed by atoms with Gasteiger partial charge in [0.15, 0.2) is 0 Å². The molecule has 3 nitrogen and oxygen atoms in total. The molecule has 0 amide bonds. The third-order valence-electron chi connectivity index (χ3n) is 3.63. The highest BCUT2D eigenvalue weighted by atomic mass is 14.8. The molecule has 2 atom stereocenters. The van der Waals surface area contributed by atoms with Crippen molar-refractivity contribution in [1.82, 2.24) is 10.3 Å². The monoisotopic (exact) mass is 225 g/mol. The number of hydrogen-bond acceptors (Lipinski definition) is 2. The maximum absolute atomic E-state index is 8.95. The number of aromatic nitrogens is 1. The lowest BCUT2D eigenvalue weighted by atomic mass is 10.1. The first-order valence-electron chi connectivity index (χ1n) is 5.99. The van der Waals surface area contributed by atoms with E-state index in [9.17, 15) is 0 Å². The van der Waals surface area contributed by atoms with Crippen LogP contribution < -0.4 is 5.32 Å². The molecule has 3 rings (SSSR count). The van der Waals surface area contributed by atoms with Crippen LogP contribution in [0.1, 0.15) is 23.5 Å². The second kappa shape index (κ2) is 3.90. The summed E-state index contributed by atoms with van der Waals surface area (Å²) in [6, 6.07) is 8.06. The van der Waals surface area contributed by atoms with E-state index >= 15 is 0 Å². The van der Waals surface area contributed by atoms with Crippen molar-refractivity contribution in [2.45, 2.75) is 12.3 Å². The first-order chi connectivity index (χ1) is 8.33. The van der Waals surface area contributed by atoms with Crippen molar-refractivity contribution < 1.29 is 0 Å². The average molecular weight is 225 g/mol. The number of nitrogens with zero attached hydrogens (tertiary/aromatic N) is 1.